The minimum Gasteiger partial charge on any atom is -0.378 e. The van der Waals surface area contributed by atoms with Gasteiger partial charge in [0.15, 0.2) is 5.96 Å². The largest absolute Gasteiger partial charge is 0.378 e. The van der Waals surface area contributed by atoms with Gasteiger partial charge < -0.3 is 15.0 Å². The quantitative estimate of drug-likeness (QED) is 0.482. The average Bonchev–Trinajstić information content (AvgIpc) is 2.28. The summed E-state index contributed by atoms with van der Waals surface area (Å²) in [5.74, 6) is 1.02. The maximum absolute atomic E-state index is 5.62. The molecule has 96 valence electrons. The second-order valence-electron chi connectivity index (χ2n) is 3.72. The number of hydrogen-bond donors (Lipinski definition) is 1. The van der Waals surface area contributed by atoms with Gasteiger partial charge in [0.05, 0.1) is 6.10 Å². The second-order valence-corrected chi connectivity index (χ2v) is 3.72. The standard InChI is InChI=1S/C11H23N3O.HI/c1-4-13-11(12-3)14-8-6-10(7-9-14)15-5-2;/h10H,4-9H2,1-3H3,(H,12,13);1H. The highest BCUT2D eigenvalue weighted by atomic mass is 127. The van der Waals surface area contributed by atoms with Crippen molar-refractivity contribution in [3.63, 3.8) is 0 Å². The second kappa shape index (κ2) is 9.04. The molecule has 0 atom stereocenters. The molecule has 0 aromatic carbocycles. The molecule has 0 aliphatic carbocycles. The minimum atomic E-state index is 0. The number of halogens is 1. The Hall–Kier alpha value is -0.0400. The molecule has 0 amide bonds. The zero-order valence-corrected chi connectivity index (χ0v) is 12.9. The zero-order chi connectivity index (χ0) is 11.1. The molecule has 1 N–H and O–H groups in total. The summed E-state index contributed by atoms with van der Waals surface area (Å²) in [4.78, 5) is 6.57. The van der Waals surface area contributed by atoms with Crippen LogP contribution >= 0.6 is 24.0 Å². The van der Waals surface area contributed by atoms with Crippen molar-refractivity contribution in [2.24, 2.45) is 4.99 Å². The van der Waals surface area contributed by atoms with Gasteiger partial charge >= 0.3 is 0 Å². The van der Waals surface area contributed by atoms with E-state index in [9.17, 15) is 0 Å². The smallest absolute Gasteiger partial charge is 0.193 e. The summed E-state index contributed by atoms with van der Waals surface area (Å²) in [6.45, 7) is 8.00. The van der Waals surface area contributed by atoms with Crippen LogP contribution in [-0.4, -0.2) is 50.3 Å². The molecular formula is C11H24IN3O. The molecule has 1 rings (SSSR count). The number of rotatable bonds is 3. The first kappa shape index (κ1) is 16.0. The summed E-state index contributed by atoms with van der Waals surface area (Å²) in [6, 6.07) is 0. The normalized spacial score (nSPS) is 18.2. The third-order valence-corrected chi connectivity index (χ3v) is 2.69. The van der Waals surface area contributed by atoms with Crippen LogP contribution in [0.3, 0.4) is 0 Å². The number of nitrogens with one attached hydrogen (secondary N) is 1. The van der Waals surface area contributed by atoms with E-state index in [-0.39, 0.29) is 24.0 Å². The molecule has 1 aliphatic heterocycles. The Morgan fingerprint density at radius 3 is 2.44 bits per heavy atom. The van der Waals surface area contributed by atoms with Gasteiger partial charge in [-0.2, -0.15) is 0 Å². The van der Waals surface area contributed by atoms with E-state index in [1.54, 1.807) is 0 Å². The monoisotopic (exact) mass is 341 g/mol. The summed E-state index contributed by atoms with van der Waals surface area (Å²) in [5.41, 5.74) is 0. The molecule has 0 saturated carbocycles. The van der Waals surface area contributed by atoms with E-state index in [0.717, 1.165) is 45.0 Å². The summed E-state index contributed by atoms with van der Waals surface area (Å²) in [5, 5.41) is 3.28. The van der Waals surface area contributed by atoms with Crippen molar-refractivity contribution < 1.29 is 4.74 Å². The predicted octanol–water partition coefficient (Wildman–Crippen LogP) is 1.70. The number of likely N-dealkylation sites (tertiary alicyclic amines) is 1. The van der Waals surface area contributed by atoms with Gasteiger partial charge in [-0.1, -0.05) is 0 Å². The molecule has 5 heteroatoms. The van der Waals surface area contributed by atoms with Crippen LogP contribution in [0, 0.1) is 0 Å². The van der Waals surface area contributed by atoms with E-state index in [1.165, 1.54) is 0 Å². The van der Waals surface area contributed by atoms with Gasteiger partial charge in [0.25, 0.3) is 0 Å². The highest BCUT2D eigenvalue weighted by Gasteiger charge is 2.20. The van der Waals surface area contributed by atoms with Crippen molar-refractivity contribution in [2.75, 3.05) is 33.3 Å². The number of hydrogen-bond acceptors (Lipinski definition) is 2. The molecule has 1 heterocycles. The molecular weight excluding hydrogens is 317 g/mol. The number of piperidine rings is 1. The van der Waals surface area contributed by atoms with Crippen molar-refractivity contribution in [1.82, 2.24) is 10.2 Å². The molecule has 1 aliphatic rings. The van der Waals surface area contributed by atoms with Crippen LogP contribution in [0.2, 0.25) is 0 Å². The molecule has 0 bridgehead atoms. The van der Waals surface area contributed by atoms with E-state index in [4.69, 9.17) is 4.74 Å². The van der Waals surface area contributed by atoms with Crippen LogP contribution in [0.5, 0.6) is 0 Å². The van der Waals surface area contributed by atoms with E-state index >= 15 is 0 Å². The molecule has 0 radical (unpaired) electrons. The van der Waals surface area contributed by atoms with Crippen LogP contribution in [-0.2, 0) is 4.74 Å². The van der Waals surface area contributed by atoms with E-state index in [0.29, 0.717) is 6.10 Å². The molecule has 1 saturated heterocycles. The molecule has 0 aromatic heterocycles. The van der Waals surface area contributed by atoms with Gasteiger partial charge in [0, 0.05) is 33.3 Å². The highest BCUT2D eigenvalue weighted by Crippen LogP contribution is 2.13. The third kappa shape index (κ3) is 4.86. The maximum Gasteiger partial charge on any atom is 0.193 e. The minimum absolute atomic E-state index is 0. The lowest BCUT2D eigenvalue weighted by Gasteiger charge is -2.33. The van der Waals surface area contributed by atoms with Gasteiger partial charge in [-0.15, -0.1) is 24.0 Å². The van der Waals surface area contributed by atoms with Crippen molar-refractivity contribution in [2.45, 2.75) is 32.8 Å². The SMILES string of the molecule is CCNC(=NC)N1CCC(OCC)CC1.I. The van der Waals surface area contributed by atoms with Gasteiger partial charge in [-0.3, -0.25) is 4.99 Å². The van der Waals surface area contributed by atoms with E-state index in [2.05, 4.69) is 29.1 Å². The fourth-order valence-corrected chi connectivity index (χ4v) is 1.96. The summed E-state index contributed by atoms with van der Waals surface area (Å²) in [7, 11) is 1.84. The maximum atomic E-state index is 5.62. The topological polar surface area (TPSA) is 36.9 Å². The number of guanidine groups is 1. The van der Waals surface area contributed by atoms with Crippen molar-refractivity contribution in [1.29, 1.82) is 0 Å². The Bertz CT molecular complexity index is 203. The van der Waals surface area contributed by atoms with Crippen molar-refractivity contribution >= 4 is 29.9 Å². The number of nitrogens with zero attached hydrogens (tertiary/aromatic N) is 2. The molecule has 0 aromatic rings. The molecule has 16 heavy (non-hydrogen) atoms. The first-order valence-electron chi connectivity index (χ1n) is 5.89. The Morgan fingerprint density at radius 1 is 1.38 bits per heavy atom. The Kier molecular flexibility index (Phi) is 9.02. The van der Waals surface area contributed by atoms with Crippen LogP contribution in [0.4, 0.5) is 0 Å². The number of ether oxygens (including phenoxy) is 1. The highest BCUT2D eigenvalue weighted by molar-refractivity contribution is 14.0. The lowest BCUT2D eigenvalue weighted by Crippen LogP contribution is -2.46. The van der Waals surface area contributed by atoms with Gasteiger partial charge in [-0.05, 0) is 26.7 Å². The van der Waals surface area contributed by atoms with Gasteiger partial charge in [0.1, 0.15) is 0 Å². The van der Waals surface area contributed by atoms with E-state index < -0.39 is 0 Å². The Balaban J connectivity index is 0.00000225. The van der Waals surface area contributed by atoms with Crippen LogP contribution in [0.1, 0.15) is 26.7 Å². The molecule has 1 fully saturated rings. The zero-order valence-electron chi connectivity index (χ0n) is 10.5. The number of aliphatic imine (C=N–C) groups is 1. The van der Waals surface area contributed by atoms with Crippen LogP contribution < -0.4 is 5.32 Å². The predicted molar refractivity (Wildman–Crippen MR) is 78.7 cm³/mol. The van der Waals surface area contributed by atoms with Crippen LogP contribution in [0.15, 0.2) is 4.99 Å². The lowest BCUT2D eigenvalue weighted by molar-refractivity contribution is 0.0264. The molecule has 0 unspecified atom stereocenters. The van der Waals surface area contributed by atoms with Crippen LogP contribution in [0.25, 0.3) is 0 Å². The third-order valence-electron chi connectivity index (χ3n) is 2.69. The first-order chi connectivity index (χ1) is 7.31. The average molecular weight is 341 g/mol. The summed E-state index contributed by atoms with van der Waals surface area (Å²) >= 11 is 0. The molecule has 0 spiro atoms. The van der Waals surface area contributed by atoms with Crippen molar-refractivity contribution in [3.05, 3.63) is 0 Å². The lowest BCUT2D eigenvalue weighted by atomic mass is 10.1. The summed E-state index contributed by atoms with van der Waals surface area (Å²) < 4.78 is 5.62. The fourth-order valence-electron chi connectivity index (χ4n) is 1.96. The fraction of sp³-hybridized carbons (Fsp3) is 0.909. The first-order valence-corrected chi connectivity index (χ1v) is 5.89. The van der Waals surface area contributed by atoms with Gasteiger partial charge in [0.2, 0.25) is 0 Å². The molecule has 4 nitrogen and oxygen atoms in total. The van der Waals surface area contributed by atoms with Crippen molar-refractivity contribution in [3.8, 4) is 0 Å². The van der Waals surface area contributed by atoms with E-state index in [1.807, 2.05) is 7.05 Å². The van der Waals surface area contributed by atoms with Gasteiger partial charge in [-0.25, -0.2) is 0 Å². The Morgan fingerprint density at radius 2 is 2.00 bits per heavy atom. The summed E-state index contributed by atoms with van der Waals surface area (Å²) in [6.07, 6.45) is 2.67. The Labute approximate surface area is 116 Å².